The summed E-state index contributed by atoms with van der Waals surface area (Å²) in [5.74, 6) is 0. The van der Waals surface area contributed by atoms with E-state index < -0.39 is 29.6 Å². The van der Waals surface area contributed by atoms with Crippen LogP contribution >= 0.6 is 0 Å². The van der Waals surface area contributed by atoms with Crippen molar-refractivity contribution in [3.63, 3.8) is 0 Å². The number of unbranched alkanes of at least 4 members (excludes halogenated alkanes) is 11. The molecular weight excluding hydrogens is 402 g/mol. The number of rotatable bonds is 14. The summed E-state index contributed by atoms with van der Waals surface area (Å²) in [7, 11) is 0. The molecular formula is C27H51NO4. The first-order valence-electron chi connectivity index (χ1n) is 13.0. The second-order valence-corrected chi connectivity index (χ2v) is 10.9. The van der Waals surface area contributed by atoms with Gasteiger partial charge in [-0.05, 0) is 60.0 Å². The lowest BCUT2D eigenvalue weighted by Gasteiger charge is -2.36. The van der Waals surface area contributed by atoms with Crippen LogP contribution in [0.5, 0.6) is 0 Å². The Balaban J connectivity index is 2.37. The maximum Gasteiger partial charge on any atom is 0.413 e. The third-order valence-electron chi connectivity index (χ3n) is 6.21. The largest absolute Gasteiger partial charge is 0.444 e. The zero-order valence-corrected chi connectivity index (χ0v) is 22.0. The monoisotopic (exact) mass is 453 g/mol. The van der Waals surface area contributed by atoms with Gasteiger partial charge in [0.25, 0.3) is 0 Å². The van der Waals surface area contributed by atoms with Gasteiger partial charge >= 0.3 is 6.09 Å². The predicted molar refractivity (Wildman–Crippen MR) is 133 cm³/mol. The molecule has 1 heterocycles. The minimum Gasteiger partial charge on any atom is -0.444 e. The van der Waals surface area contributed by atoms with Crippen molar-refractivity contribution in [2.45, 2.75) is 149 Å². The maximum absolute atomic E-state index is 12.8. The van der Waals surface area contributed by atoms with Gasteiger partial charge in [0, 0.05) is 0 Å². The van der Waals surface area contributed by atoms with Gasteiger partial charge in [0.2, 0.25) is 0 Å². The van der Waals surface area contributed by atoms with Crippen molar-refractivity contribution in [3.8, 4) is 0 Å². The van der Waals surface area contributed by atoms with E-state index in [2.05, 4.69) is 13.0 Å². The number of carbonyl (C=O) groups excluding carboxylic acids is 1. The molecule has 0 spiro atoms. The summed E-state index contributed by atoms with van der Waals surface area (Å²) in [6, 6.07) is -0.437. The van der Waals surface area contributed by atoms with Gasteiger partial charge < -0.3 is 14.6 Å². The van der Waals surface area contributed by atoms with Crippen LogP contribution in [-0.4, -0.2) is 46.2 Å². The standard InChI is InChI=1S/C27H51NO4/c1-8-9-10-11-12-13-14-15-16-17-18-19-20-22(2)24(29)23-21-31-27(6,7)28(23)25(30)32-26(3,4)5/h20,23-24,29H,8-19,21H2,1-7H3/t23-,24+/m0/s1. The molecule has 0 aliphatic carbocycles. The Bertz CT molecular complexity index is 564. The van der Waals surface area contributed by atoms with Crippen molar-refractivity contribution in [2.75, 3.05) is 6.61 Å². The van der Waals surface area contributed by atoms with Crippen molar-refractivity contribution < 1.29 is 19.4 Å². The minimum absolute atomic E-state index is 0.303. The van der Waals surface area contributed by atoms with Crippen molar-refractivity contribution in [2.24, 2.45) is 0 Å². The third kappa shape index (κ3) is 10.7. The Morgan fingerprint density at radius 1 is 1.06 bits per heavy atom. The SMILES string of the molecule is CCCCCCCCCCCCCC=C(C)[C@@H](O)[C@@H]1COC(C)(C)N1C(=O)OC(C)(C)C. The lowest BCUT2D eigenvalue weighted by molar-refractivity contribution is -0.0664. The summed E-state index contributed by atoms with van der Waals surface area (Å²) in [6.07, 6.45) is 16.5. The van der Waals surface area contributed by atoms with Gasteiger partial charge in [-0.15, -0.1) is 0 Å². The second kappa shape index (κ2) is 14.2. The highest BCUT2D eigenvalue weighted by Gasteiger charge is 2.48. The number of aliphatic hydroxyl groups excluding tert-OH is 1. The predicted octanol–water partition coefficient (Wildman–Crippen LogP) is 7.37. The second-order valence-electron chi connectivity index (χ2n) is 10.9. The van der Waals surface area contributed by atoms with Crippen LogP contribution in [0.1, 0.15) is 126 Å². The number of hydrogen-bond donors (Lipinski definition) is 1. The van der Waals surface area contributed by atoms with E-state index in [-0.39, 0.29) is 0 Å². The Labute approximate surface area is 197 Å². The highest BCUT2D eigenvalue weighted by atomic mass is 16.6. The topological polar surface area (TPSA) is 59.0 Å². The fourth-order valence-electron chi connectivity index (χ4n) is 4.29. The summed E-state index contributed by atoms with van der Waals surface area (Å²) in [6.45, 7) is 13.7. The van der Waals surface area contributed by atoms with Gasteiger partial charge in [-0.25, -0.2) is 4.79 Å². The van der Waals surface area contributed by atoms with E-state index >= 15 is 0 Å². The van der Waals surface area contributed by atoms with Crippen molar-refractivity contribution in [1.29, 1.82) is 0 Å². The normalized spacial score (nSPS) is 19.9. The Kier molecular flexibility index (Phi) is 12.9. The zero-order valence-electron chi connectivity index (χ0n) is 22.0. The zero-order chi connectivity index (χ0) is 24.2. The molecule has 5 heteroatoms. The van der Waals surface area contributed by atoms with Gasteiger partial charge in [-0.1, -0.05) is 77.2 Å². The van der Waals surface area contributed by atoms with E-state index in [0.717, 1.165) is 18.4 Å². The lowest BCUT2D eigenvalue weighted by atomic mass is 10.0. The van der Waals surface area contributed by atoms with Gasteiger partial charge in [0.15, 0.2) is 0 Å². The Morgan fingerprint density at radius 3 is 2.06 bits per heavy atom. The molecule has 1 N–H and O–H groups in total. The molecule has 1 fully saturated rings. The molecule has 0 aromatic rings. The van der Waals surface area contributed by atoms with E-state index in [1.807, 2.05) is 41.5 Å². The summed E-state index contributed by atoms with van der Waals surface area (Å²) >= 11 is 0. The average molecular weight is 454 g/mol. The van der Waals surface area contributed by atoms with Gasteiger partial charge in [-0.2, -0.15) is 0 Å². The van der Waals surface area contributed by atoms with Crippen LogP contribution in [0.3, 0.4) is 0 Å². The number of hydrogen-bond acceptors (Lipinski definition) is 4. The molecule has 0 saturated carbocycles. The summed E-state index contributed by atoms with van der Waals surface area (Å²) in [5, 5.41) is 10.9. The molecule has 1 rings (SSSR count). The molecule has 1 amide bonds. The molecule has 2 atom stereocenters. The summed E-state index contributed by atoms with van der Waals surface area (Å²) in [4.78, 5) is 14.3. The summed E-state index contributed by atoms with van der Waals surface area (Å²) in [5.41, 5.74) is -0.493. The van der Waals surface area contributed by atoms with Crippen LogP contribution in [0.2, 0.25) is 0 Å². The Morgan fingerprint density at radius 2 is 1.56 bits per heavy atom. The molecule has 0 aromatic heterocycles. The van der Waals surface area contributed by atoms with E-state index in [9.17, 15) is 9.90 Å². The first-order chi connectivity index (χ1) is 15.0. The third-order valence-corrected chi connectivity index (χ3v) is 6.21. The van der Waals surface area contributed by atoms with Gasteiger partial charge in [-0.3, -0.25) is 4.90 Å². The molecule has 1 aliphatic rings. The van der Waals surface area contributed by atoms with Crippen LogP contribution in [0.15, 0.2) is 11.6 Å². The van der Waals surface area contributed by atoms with E-state index in [4.69, 9.17) is 9.47 Å². The van der Waals surface area contributed by atoms with Crippen molar-refractivity contribution >= 4 is 6.09 Å². The fourth-order valence-corrected chi connectivity index (χ4v) is 4.29. The van der Waals surface area contributed by atoms with Crippen LogP contribution in [-0.2, 0) is 9.47 Å². The van der Waals surface area contributed by atoms with Gasteiger partial charge in [0.05, 0.1) is 18.8 Å². The van der Waals surface area contributed by atoms with Crippen molar-refractivity contribution in [3.05, 3.63) is 11.6 Å². The quantitative estimate of drug-likeness (QED) is 0.220. The highest BCUT2D eigenvalue weighted by molar-refractivity contribution is 5.70. The molecule has 188 valence electrons. The Hall–Kier alpha value is -1.07. The van der Waals surface area contributed by atoms with Crippen LogP contribution in [0.25, 0.3) is 0 Å². The number of amides is 1. The maximum atomic E-state index is 12.8. The van der Waals surface area contributed by atoms with Crippen LogP contribution < -0.4 is 0 Å². The molecule has 0 unspecified atom stereocenters. The summed E-state index contributed by atoms with van der Waals surface area (Å²) < 4.78 is 11.4. The minimum atomic E-state index is -0.801. The van der Waals surface area contributed by atoms with E-state index in [1.54, 1.807) is 4.90 Å². The smallest absolute Gasteiger partial charge is 0.413 e. The molecule has 1 saturated heterocycles. The fraction of sp³-hybridized carbons (Fsp3) is 0.889. The van der Waals surface area contributed by atoms with Gasteiger partial charge in [0.1, 0.15) is 11.3 Å². The lowest BCUT2D eigenvalue weighted by Crippen LogP contribution is -2.53. The van der Waals surface area contributed by atoms with Crippen LogP contribution in [0.4, 0.5) is 4.79 Å². The molecule has 0 radical (unpaired) electrons. The molecule has 0 bridgehead atoms. The highest BCUT2D eigenvalue weighted by Crippen LogP contribution is 2.32. The average Bonchev–Trinajstić information content (AvgIpc) is 3.01. The molecule has 1 aliphatic heterocycles. The molecule has 5 nitrogen and oxygen atoms in total. The number of aliphatic hydroxyl groups is 1. The number of ether oxygens (including phenoxy) is 2. The molecule has 32 heavy (non-hydrogen) atoms. The number of nitrogens with zero attached hydrogens (tertiary/aromatic N) is 1. The number of allylic oxidation sites excluding steroid dienone is 1. The van der Waals surface area contributed by atoms with E-state index in [0.29, 0.717) is 6.61 Å². The van der Waals surface area contributed by atoms with E-state index in [1.165, 1.54) is 64.2 Å². The molecule has 0 aromatic carbocycles. The van der Waals surface area contributed by atoms with Crippen LogP contribution in [0, 0.1) is 0 Å². The van der Waals surface area contributed by atoms with Crippen molar-refractivity contribution in [1.82, 2.24) is 4.90 Å². The number of carbonyl (C=O) groups is 1. The first-order valence-corrected chi connectivity index (χ1v) is 13.0. The first kappa shape index (κ1) is 29.0.